The van der Waals surface area contributed by atoms with Crippen LogP contribution in [0.1, 0.15) is 65.2 Å². The van der Waals surface area contributed by atoms with Crippen LogP contribution in [-0.4, -0.2) is 23.0 Å². The Kier molecular flexibility index (Phi) is 3.74. The van der Waals surface area contributed by atoms with Gasteiger partial charge in [0.15, 0.2) is 0 Å². The Morgan fingerprint density at radius 2 is 1.96 bits per heavy atom. The summed E-state index contributed by atoms with van der Waals surface area (Å²) in [6.07, 6.45) is 7.41. The minimum absolute atomic E-state index is 0.103. The molecule has 0 amide bonds. The summed E-state index contributed by atoms with van der Waals surface area (Å²) in [5, 5.41) is 14.7. The summed E-state index contributed by atoms with van der Waals surface area (Å²) < 4.78 is 0. The van der Waals surface area contributed by atoms with E-state index in [0.717, 1.165) is 44.9 Å². The molecule has 0 radical (unpaired) electrons. The second-order valence-corrected chi connectivity index (χ2v) is 9.40. The van der Waals surface area contributed by atoms with Gasteiger partial charge in [0.25, 0.3) is 0 Å². The van der Waals surface area contributed by atoms with Crippen LogP contribution in [0.25, 0.3) is 10.4 Å². The Morgan fingerprint density at radius 1 is 1.17 bits per heavy atom. The van der Waals surface area contributed by atoms with Gasteiger partial charge in [-0.05, 0) is 78.6 Å². The third kappa shape index (κ3) is 2.10. The molecule has 0 aromatic heterocycles. The summed E-state index contributed by atoms with van der Waals surface area (Å²) >= 11 is 0. The molecule has 4 aliphatic carbocycles. The second kappa shape index (κ2) is 5.47. The second-order valence-electron chi connectivity index (χ2n) is 9.40. The van der Waals surface area contributed by atoms with Crippen molar-refractivity contribution >= 4 is 5.78 Å². The van der Waals surface area contributed by atoms with Crippen molar-refractivity contribution in [2.45, 2.75) is 77.4 Å². The van der Waals surface area contributed by atoms with E-state index in [9.17, 15) is 9.90 Å². The smallest absolute Gasteiger partial charge is 0.133 e. The Morgan fingerprint density at radius 3 is 2.71 bits per heavy atom. The third-order valence-electron chi connectivity index (χ3n) is 8.65. The van der Waals surface area contributed by atoms with E-state index in [0.29, 0.717) is 34.9 Å². The molecule has 4 rings (SSSR count). The SMILES string of the molecule is C[C@]12CCC(=O)C[C@@H]1CC[C@@H]1[C@@H]2CC[C@]2(C)[C@@H](O)[C@H](N=[N+]=[N-])C[C@@H]12. The number of nitrogens with zero attached hydrogens (tertiary/aromatic N) is 3. The Balaban J connectivity index is 1.64. The summed E-state index contributed by atoms with van der Waals surface area (Å²) in [4.78, 5) is 14.9. The van der Waals surface area contributed by atoms with Crippen molar-refractivity contribution < 1.29 is 9.90 Å². The van der Waals surface area contributed by atoms with Crippen molar-refractivity contribution in [1.29, 1.82) is 0 Å². The quantitative estimate of drug-likeness (QED) is 0.442. The van der Waals surface area contributed by atoms with E-state index in [1.807, 2.05) is 0 Å². The molecule has 0 bridgehead atoms. The molecule has 0 heterocycles. The molecule has 5 nitrogen and oxygen atoms in total. The zero-order chi connectivity index (χ0) is 17.1. The number of carbonyl (C=O) groups excluding carboxylic acids is 1. The topological polar surface area (TPSA) is 86.1 Å². The van der Waals surface area contributed by atoms with E-state index in [4.69, 9.17) is 5.53 Å². The van der Waals surface area contributed by atoms with Crippen molar-refractivity contribution in [3.8, 4) is 0 Å². The molecule has 0 saturated heterocycles. The first kappa shape index (κ1) is 16.4. The van der Waals surface area contributed by atoms with Crippen LogP contribution in [0, 0.1) is 34.5 Å². The van der Waals surface area contributed by atoms with Crippen molar-refractivity contribution in [3.63, 3.8) is 0 Å². The lowest BCUT2D eigenvalue weighted by Gasteiger charge is -2.59. The van der Waals surface area contributed by atoms with E-state index in [1.165, 1.54) is 6.42 Å². The van der Waals surface area contributed by atoms with E-state index >= 15 is 0 Å². The Bertz CT molecular complexity index is 601. The van der Waals surface area contributed by atoms with E-state index in [1.54, 1.807) is 0 Å². The predicted octanol–water partition coefficient (Wildman–Crippen LogP) is 4.25. The fraction of sp³-hybridized carbons (Fsp3) is 0.947. The Hall–Kier alpha value is -1.06. The highest BCUT2D eigenvalue weighted by Crippen LogP contribution is 2.66. The maximum atomic E-state index is 11.9. The highest BCUT2D eigenvalue weighted by molar-refractivity contribution is 5.79. The number of fused-ring (bicyclic) bond motifs is 5. The Labute approximate surface area is 143 Å². The average Bonchev–Trinajstić information content (AvgIpc) is 2.81. The fourth-order valence-corrected chi connectivity index (χ4v) is 7.21. The molecule has 0 aliphatic heterocycles. The molecule has 4 aliphatic rings. The molecule has 24 heavy (non-hydrogen) atoms. The van der Waals surface area contributed by atoms with Crippen molar-refractivity contribution in [2.24, 2.45) is 39.6 Å². The number of carbonyl (C=O) groups is 1. The average molecular weight is 331 g/mol. The summed E-state index contributed by atoms with van der Waals surface area (Å²) in [6.45, 7) is 4.64. The molecule has 0 aromatic carbocycles. The normalized spacial score (nSPS) is 53.5. The van der Waals surface area contributed by atoms with Crippen LogP contribution >= 0.6 is 0 Å². The molecule has 0 aromatic rings. The van der Waals surface area contributed by atoms with Gasteiger partial charge in [-0.15, -0.1) is 0 Å². The summed E-state index contributed by atoms with van der Waals surface area (Å²) in [7, 11) is 0. The number of hydrogen-bond acceptors (Lipinski definition) is 3. The first-order chi connectivity index (χ1) is 11.4. The zero-order valence-corrected chi connectivity index (χ0v) is 14.8. The van der Waals surface area contributed by atoms with Crippen LogP contribution in [0.2, 0.25) is 0 Å². The summed E-state index contributed by atoms with van der Waals surface area (Å²) in [5.41, 5.74) is 9.02. The van der Waals surface area contributed by atoms with Crippen molar-refractivity contribution in [2.75, 3.05) is 0 Å². The van der Waals surface area contributed by atoms with Crippen molar-refractivity contribution in [1.82, 2.24) is 0 Å². The number of aliphatic hydroxyl groups excluding tert-OH is 1. The maximum absolute atomic E-state index is 11.9. The van der Waals surface area contributed by atoms with Gasteiger partial charge >= 0.3 is 0 Å². The molecule has 8 atom stereocenters. The molecule has 4 saturated carbocycles. The standard InChI is InChI=1S/C19H29N3O2/c1-18-7-5-12(23)9-11(18)3-4-13-14(18)6-8-19(2)15(13)10-16(17(19)24)21-22-20/h11,13-17,24H,3-10H2,1-2H3/t11-,13+,14-,15-,16+,17-,18-,19-/m0/s1. The lowest BCUT2D eigenvalue weighted by molar-refractivity contribution is -0.142. The van der Waals surface area contributed by atoms with Crippen LogP contribution in [0.15, 0.2) is 5.11 Å². The molecule has 0 spiro atoms. The van der Waals surface area contributed by atoms with Crippen LogP contribution < -0.4 is 0 Å². The monoisotopic (exact) mass is 331 g/mol. The van der Waals surface area contributed by atoms with Gasteiger partial charge in [0.2, 0.25) is 0 Å². The number of aliphatic hydroxyl groups is 1. The number of Topliss-reactive ketones (excluding diaryl/α,β-unsaturated/α-hetero) is 1. The van der Waals surface area contributed by atoms with Crippen molar-refractivity contribution in [3.05, 3.63) is 10.4 Å². The molecule has 5 heteroatoms. The van der Waals surface area contributed by atoms with Gasteiger partial charge in [-0.1, -0.05) is 19.0 Å². The first-order valence-electron chi connectivity index (χ1n) is 9.64. The van der Waals surface area contributed by atoms with E-state index in [-0.39, 0.29) is 11.5 Å². The minimum Gasteiger partial charge on any atom is -0.392 e. The van der Waals surface area contributed by atoms with Gasteiger partial charge in [0.1, 0.15) is 5.78 Å². The number of rotatable bonds is 1. The minimum atomic E-state index is -0.502. The van der Waals surface area contributed by atoms with Gasteiger partial charge in [0.05, 0.1) is 12.1 Å². The lowest BCUT2D eigenvalue weighted by Crippen LogP contribution is -2.54. The lowest BCUT2D eigenvalue weighted by atomic mass is 9.45. The van der Waals surface area contributed by atoms with E-state index < -0.39 is 6.10 Å². The van der Waals surface area contributed by atoms with Gasteiger partial charge in [-0.25, -0.2) is 0 Å². The van der Waals surface area contributed by atoms with Gasteiger partial charge in [0, 0.05) is 17.8 Å². The number of hydrogen-bond donors (Lipinski definition) is 1. The molecule has 4 fully saturated rings. The fourth-order valence-electron chi connectivity index (χ4n) is 7.21. The van der Waals surface area contributed by atoms with Crippen LogP contribution in [0.5, 0.6) is 0 Å². The third-order valence-corrected chi connectivity index (χ3v) is 8.65. The number of ketones is 1. The molecular weight excluding hydrogens is 302 g/mol. The van der Waals surface area contributed by atoms with Crippen LogP contribution in [0.4, 0.5) is 0 Å². The molecule has 1 N–H and O–H groups in total. The largest absolute Gasteiger partial charge is 0.392 e. The van der Waals surface area contributed by atoms with Crippen LogP contribution in [-0.2, 0) is 4.79 Å². The first-order valence-corrected chi connectivity index (χ1v) is 9.64. The van der Waals surface area contributed by atoms with Gasteiger partial charge in [-0.2, -0.15) is 0 Å². The predicted molar refractivity (Wildman–Crippen MR) is 91.1 cm³/mol. The van der Waals surface area contributed by atoms with E-state index in [2.05, 4.69) is 23.9 Å². The highest BCUT2D eigenvalue weighted by atomic mass is 16.3. The van der Waals surface area contributed by atoms with Gasteiger partial charge in [-0.3, -0.25) is 4.79 Å². The molecule has 132 valence electrons. The zero-order valence-electron chi connectivity index (χ0n) is 14.8. The molecular formula is C19H29N3O2. The maximum Gasteiger partial charge on any atom is 0.133 e. The van der Waals surface area contributed by atoms with Gasteiger partial charge < -0.3 is 5.11 Å². The highest BCUT2D eigenvalue weighted by Gasteiger charge is 2.62. The van der Waals surface area contributed by atoms with Crippen LogP contribution in [0.3, 0.4) is 0 Å². The summed E-state index contributed by atoms with van der Waals surface area (Å²) in [5.74, 6) is 2.75. The summed E-state index contributed by atoms with van der Waals surface area (Å²) in [6, 6.07) is -0.262. The molecule has 0 unspecified atom stereocenters. The number of azide groups is 1.